The van der Waals surface area contributed by atoms with Crippen LogP contribution in [0.2, 0.25) is 10.0 Å². The van der Waals surface area contributed by atoms with E-state index in [1.165, 1.54) is 11.3 Å². The van der Waals surface area contributed by atoms with E-state index in [-0.39, 0.29) is 11.8 Å². The summed E-state index contributed by atoms with van der Waals surface area (Å²) in [6.07, 6.45) is 0.314. The number of amides is 1. The van der Waals surface area contributed by atoms with Crippen molar-refractivity contribution < 1.29 is 9.53 Å². The first-order valence-electron chi connectivity index (χ1n) is 9.24. The number of aryl methyl sites for hydroxylation is 1. The number of nitrogens with one attached hydrogen (secondary N) is 1. The van der Waals surface area contributed by atoms with Gasteiger partial charge in [-0.15, -0.1) is 0 Å². The van der Waals surface area contributed by atoms with Gasteiger partial charge in [0.1, 0.15) is 11.6 Å². The number of benzene rings is 2. The van der Waals surface area contributed by atoms with E-state index in [1.54, 1.807) is 17.9 Å². The highest BCUT2D eigenvalue weighted by Gasteiger charge is 2.33. The van der Waals surface area contributed by atoms with Gasteiger partial charge in [0.05, 0.1) is 33.1 Å². The molecule has 152 valence electrons. The van der Waals surface area contributed by atoms with Crippen molar-refractivity contribution in [2.45, 2.75) is 19.3 Å². The smallest absolute Gasteiger partial charge is 0.226 e. The van der Waals surface area contributed by atoms with Gasteiger partial charge in [-0.25, -0.2) is 4.98 Å². The third-order valence-electron chi connectivity index (χ3n) is 5.21. The lowest BCUT2D eigenvalue weighted by Crippen LogP contribution is -2.24. The van der Waals surface area contributed by atoms with Crippen LogP contribution in [-0.2, 0) is 4.79 Å². The summed E-state index contributed by atoms with van der Waals surface area (Å²) in [5.74, 6) is 1.17. The van der Waals surface area contributed by atoms with Crippen LogP contribution in [0.4, 0.5) is 5.82 Å². The molecule has 0 spiro atoms. The first-order valence-corrected chi connectivity index (χ1v) is 10.8. The van der Waals surface area contributed by atoms with Gasteiger partial charge in [-0.2, -0.15) is 9.78 Å². The first kappa shape index (κ1) is 19.4. The number of halogens is 2. The number of hydrogen-bond acceptors (Lipinski definition) is 5. The molecule has 2 aromatic carbocycles. The van der Waals surface area contributed by atoms with Gasteiger partial charge >= 0.3 is 0 Å². The molecule has 3 heterocycles. The first-order chi connectivity index (χ1) is 14.4. The zero-order valence-electron chi connectivity index (χ0n) is 16.1. The number of rotatable bonds is 3. The van der Waals surface area contributed by atoms with Crippen molar-refractivity contribution in [3.63, 3.8) is 0 Å². The molecule has 0 fully saturated rings. The normalized spacial score (nSPS) is 15.9. The second-order valence-electron chi connectivity index (χ2n) is 7.07. The molecule has 9 heteroatoms. The van der Waals surface area contributed by atoms with Crippen molar-refractivity contribution in [1.82, 2.24) is 14.8 Å². The van der Waals surface area contributed by atoms with Crippen molar-refractivity contribution in [2.75, 3.05) is 12.4 Å². The highest BCUT2D eigenvalue weighted by Crippen LogP contribution is 2.42. The van der Waals surface area contributed by atoms with Crippen molar-refractivity contribution in [1.29, 1.82) is 0 Å². The molecular weight excluding hydrogens is 443 g/mol. The molecule has 1 N–H and O–H groups in total. The summed E-state index contributed by atoms with van der Waals surface area (Å²) < 4.78 is 8.00. The van der Waals surface area contributed by atoms with Gasteiger partial charge in [-0.3, -0.25) is 4.79 Å². The molecule has 6 nitrogen and oxygen atoms in total. The Kier molecular flexibility index (Phi) is 4.69. The van der Waals surface area contributed by atoms with Crippen LogP contribution in [0, 0.1) is 6.92 Å². The number of aromatic nitrogens is 3. The average molecular weight is 459 g/mol. The predicted molar refractivity (Wildman–Crippen MR) is 120 cm³/mol. The molecule has 0 bridgehead atoms. The maximum Gasteiger partial charge on any atom is 0.226 e. The Morgan fingerprint density at radius 3 is 2.80 bits per heavy atom. The van der Waals surface area contributed by atoms with Crippen molar-refractivity contribution in [2.24, 2.45) is 0 Å². The van der Waals surface area contributed by atoms with Gasteiger partial charge in [0.15, 0.2) is 0 Å². The average Bonchev–Trinajstić information content (AvgIpc) is 3.29. The standard InChI is InChI=1S/C21H16Cl2N4O2S/c1-10-19-13(11-3-5-14(22)15(23)7-11)9-18(28)25-20(19)27(26-10)21-24-16-6-4-12(29-2)8-17(16)30-21/h3-8,13H,9H2,1-2H3,(H,25,28)/t13-/m1/s1. The van der Waals surface area contributed by atoms with E-state index in [0.29, 0.717) is 27.4 Å². The second-order valence-corrected chi connectivity index (χ2v) is 8.89. The molecule has 30 heavy (non-hydrogen) atoms. The molecule has 1 atom stereocenters. The van der Waals surface area contributed by atoms with Gasteiger partial charge in [-0.1, -0.05) is 40.6 Å². The van der Waals surface area contributed by atoms with Gasteiger partial charge < -0.3 is 10.1 Å². The maximum absolute atomic E-state index is 12.6. The van der Waals surface area contributed by atoms with Crippen molar-refractivity contribution >= 4 is 56.5 Å². The third-order valence-corrected chi connectivity index (χ3v) is 6.95. The van der Waals surface area contributed by atoms with E-state index in [4.69, 9.17) is 38.0 Å². The minimum Gasteiger partial charge on any atom is -0.497 e. The summed E-state index contributed by atoms with van der Waals surface area (Å²) in [6, 6.07) is 11.2. The monoisotopic (exact) mass is 458 g/mol. The number of nitrogens with zero attached hydrogens (tertiary/aromatic N) is 3. The molecular formula is C21H16Cl2N4O2S. The number of anilines is 1. The maximum atomic E-state index is 12.6. The summed E-state index contributed by atoms with van der Waals surface area (Å²) in [5.41, 5.74) is 3.57. The minimum absolute atomic E-state index is 0.0810. The van der Waals surface area contributed by atoms with E-state index < -0.39 is 0 Å². The molecule has 4 aromatic rings. The fraction of sp³-hybridized carbons (Fsp3) is 0.190. The fourth-order valence-corrected chi connectivity index (χ4v) is 5.07. The number of fused-ring (bicyclic) bond motifs is 2. The van der Waals surface area contributed by atoms with E-state index in [2.05, 4.69) is 5.32 Å². The number of carbonyl (C=O) groups is 1. The highest BCUT2D eigenvalue weighted by atomic mass is 35.5. The van der Waals surface area contributed by atoms with Crippen LogP contribution in [0.15, 0.2) is 36.4 Å². The van der Waals surface area contributed by atoms with Gasteiger partial charge in [0.2, 0.25) is 11.0 Å². The molecule has 1 aliphatic rings. The van der Waals surface area contributed by atoms with Crippen LogP contribution in [0.3, 0.4) is 0 Å². The zero-order chi connectivity index (χ0) is 21.0. The number of methoxy groups -OCH3 is 1. The number of hydrogen-bond donors (Lipinski definition) is 1. The Balaban J connectivity index is 1.65. The summed E-state index contributed by atoms with van der Waals surface area (Å²) in [5, 5.41) is 9.32. The van der Waals surface area contributed by atoms with Crippen LogP contribution >= 0.6 is 34.5 Å². The second kappa shape index (κ2) is 7.27. The van der Waals surface area contributed by atoms with Crippen LogP contribution in [-0.4, -0.2) is 27.8 Å². The Hall–Kier alpha value is -2.61. The lowest BCUT2D eigenvalue weighted by molar-refractivity contribution is -0.116. The number of ether oxygens (including phenoxy) is 1. The SMILES string of the molecule is COc1ccc2nc(-n3nc(C)c4c3NC(=O)C[C@@H]4c3ccc(Cl)c(Cl)c3)sc2c1. The molecule has 0 unspecified atom stereocenters. The highest BCUT2D eigenvalue weighted by molar-refractivity contribution is 7.20. The van der Waals surface area contributed by atoms with Crippen LogP contribution < -0.4 is 10.1 Å². The van der Waals surface area contributed by atoms with Crippen molar-refractivity contribution in [3.05, 3.63) is 63.3 Å². The Labute approximate surface area is 186 Å². The molecule has 0 saturated heterocycles. The topological polar surface area (TPSA) is 69.0 Å². The van der Waals surface area contributed by atoms with Crippen LogP contribution in [0.5, 0.6) is 5.75 Å². The van der Waals surface area contributed by atoms with Crippen LogP contribution in [0.1, 0.15) is 29.2 Å². The zero-order valence-corrected chi connectivity index (χ0v) is 18.4. The summed E-state index contributed by atoms with van der Waals surface area (Å²) in [4.78, 5) is 17.3. The fourth-order valence-electron chi connectivity index (χ4n) is 3.81. The Bertz CT molecular complexity index is 1310. The molecule has 1 amide bonds. The minimum atomic E-state index is -0.160. The lowest BCUT2D eigenvalue weighted by Gasteiger charge is -2.24. The van der Waals surface area contributed by atoms with Crippen molar-refractivity contribution in [3.8, 4) is 10.9 Å². The molecule has 0 saturated carbocycles. The molecule has 2 aromatic heterocycles. The lowest BCUT2D eigenvalue weighted by atomic mass is 9.86. The third kappa shape index (κ3) is 3.14. The van der Waals surface area contributed by atoms with Gasteiger partial charge in [-0.05, 0) is 42.8 Å². The Morgan fingerprint density at radius 1 is 1.20 bits per heavy atom. The summed E-state index contributed by atoms with van der Waals surface area (Å²) in [6.45, 7) is 1.94. The van der Waals surface area contributed by atoms with Crippen LogP contribution in [0.25, 0.3) is 15.3 Å². The molecule has 0 radical (unpaired) electrons. The largest absolute Gasteiger partial charge is 0.497 e. The van der Waals surface area contributed by atoms with Gasteiger partial charge in [0.25, 0.3) is 0 Å². The molecule has 0 aliphatic carbocycles. The molecule has 5 rings (SSSR count). The Morgan fingerprint density at radius 2 is 2.03 bits per heavy atom. The van der Waals surface area contributed by atoms with E-state index in [1.807, 2.05) is 37.3 Å². The predicted octanol–water partition coefficient (Wildman–Crippen LogP) is 5.58. The quantitative estimate of drug-likeness (QED) is 0.434. The van der Waals surface area contributed by atoms with E-state index >= 15 is 0 Å². The van der Waals surface area contributed by atoms with E-state index in [9.17, 15) is 4.79 Å². The summed E-state index contributed by atoms with van der Waals surface area (Å²) in [7, 11) is 1.63. The summed E-state index contributed by atoms with van der Waals surface area (Å²) >= 11 is 13.8. The number of thiazole rings is 1. The van der Waals surface area contributed by atoms with E-state index in [0.717, 1.165) is 32.8 Å². The van der Waals surface area contributed by atoms with Gasteiger partial charge in [0, 0.05) is 17.9 Å². The molecule has 1 aliphatic heterocycles. The number of carbonyl (C=O) groups excluding carboxylic acids is 1.